The number of rotatable bonds is 3. The van der Waals surface area contributed by atoms with Crippen molar-refractivity contribution in [3.05, 3.63) is 29.8 Å². The van der Waals surface area contributed by atoms with Crippen LogP contribution in [0.4, 0.5) is 5.69 Å². The molecule has 4 heteroatoms. The van der Waals surface area contributed by atoms with Crippen LogP contribution in [-0.2, 0) is 11.3 Å². The molecule has 0 saturated carbocycles. The zero-order valence-electron chi connectivity index (χ0n) is 10.1. The fraction of sp³-hybridized carbons (Fsp3) is 0.462. The van der Waals surface area contributed by atoms with Crippen LogP contribution in [0.5, 0.6) is 0 Å². The molecular formula is C13H18N2OS. The predicted molar refractivity (Wildman–Crippen MR) is 72.8 cm³/mol. The van der Waals surface area contributed by atoms with Crippen molar-refractivity contribution in [2.24, 2.45) is 5.92 Å². The molecule has 0 radical (unpaired) electrons. The van der Waals surface area contributed by atoms with Crippen LogP contribution in [-0.4, -0.2) is 29.4 Å². The summed E-state index contributed by atoms with van der Waals surface area (Å²) in [6, 6.07) is 7.70. The Hall–Kier alpha value is -1.16. The predicted octanol–water partition coefficient (Wildman–Crippen LogP) is 1.98. The van der Waals surface area contributed by atoms with Crippen molar-refractivity contribution in [3.8, 4) is 0 Å². The van der Waals surface area contributed by atoms with E-state index in [-0.39, 0.29) is 11.8 Å². The molecule has 2 N–H and O–H groups in total. The molecule has 1 atom stereocenters. The molecule has 1 saturated heterocycles. The summed E-state index contributed by atoms with van der Waals surface area (Å²) in [6.45, 7) is 0.667. The van der Waals surface area contributed by atoms with Gasteiger partial charge in [-0.25, -0.2) is 0 Å². The fourth-order valence-corrected chi connectivity index (χ4v) is 3.23. The van der Waals surface area contributed by atoms with Gasteiger partial charge in [-0.05, 0) is 29.9 Å². The molecule has 0 spiro atoms. The van der Waals surface area contributed by atoms with Gasteiger partial charge in [0.2, 0.25) is 5.91 Å². The van der Waals surface area contributed by atoms with Crippen molar-refractivity contribution < 1.29 is 4.79 Å². The number of carbonyl (C=O) groups is 1. The lowest BCUT2D eigenvalue weighted by Crippen LogP contribution is -2.32. The normalized spacial score (nSPS) is 19.2. The maximum absolute atomic E-state index is 12.1. The first kappa shape index (κ1) is 12.3. The van der Waals surface area contributed by atoms with Crippen LogP contribution in [0.25, 0.3) is 0 Å². The molecular weight excluding hydrogens is 232 g/mol. The summed E-state index contributed by atoms with van der Waals surface area (Å²) in [6.07, 6.45) is 1.02. The van der Waals surface area contributed by atoms with E-state index in [4.69, 9.17) is 5.73 Å². The van der Waals surface area contributed by atoms with Gasteiger partial charge in [0.15, 0.2) is 0 Å². The van der Waals surface area contributed by atoms with Gasteiger partial charge in [-0.1, -0.05) is 12.1 Å². The minimum absolute atomic E-state index is 0.221. The molecule has 1 aromatic carbocycles. The van der Waals surface area contributed by atoms with Crippen molar-refractivity contribution in [2.75, 3.05) is 24.3 Å². The number of benzene rings is 1. The van der Waals surface area contributed by atoms with Crippen LogP contribution in [0, 0.1) is 5.92 Å². The molecule has 1 aliphatic heterocycles. The van der Waals surface area contributed by atoms with Crippen molar-refractivity contribution in [1.82, 2.24) is 4.90 Å². The number of hydrogen-bond acceptors (Lipinski definition) is 3. The summed E-state index contributed by atoms with van der Waals surface area (Å²) in [5.74, 6) is 2.59. The van der Waals surface area contributed by atoms with Crippen molar-refractivity contribution in [2.45, 2.75) is 13.0 Å². The van der Waals surface area contributed by atoms with Gasteiger partial charge >= 0.3 is 0 Å². The lowest BCUT2D eigenvalue weighted by atomic mass is 10.1. The zero-order chi connectivity index (χ0) is 12.3. The highest BCUT2D eigenvalue weighted by molar-refractivity contribution is 7.99. The number of nitrogens with zero attached hydrogens (tertiary/aromatic N) is 1. The van der Waals surface area contributed by atoms with E-state index in [9.17, 15) is 4.79 Å². The minimum atomic E-state index is 0.221. The van der Waals surface area contributed by atoms with Gasteiger partial charge in [0, 0.05) is 31.0 Å². The summed E-state index contributed by atoms with van der Waals surface area (Å²) in [5.41, 5.74) is 7.52. The van der Waals surface area contributed by atoms with Gasteiger partial charge in [-0.2, -0.15) is 11.8 Å². The second kappa shape index (κ2) is 5.45. The lowest BCUT2D eigenvalue weighted by Gasteiger charge is -2.20. The van der Waals surface area contributed by atoms with Crippen molar-refractivity contribution >= 4 is 23.4 Å². The van der Waals surface area contributed by atoms with Gasteiger partial charge in [0.05, 0.1) is 0 Å². The Morgan fingerprint density at radius 1 is 1.47 bits per heavy atom. The Kier molecular flexibility index (Phi) is 3.94. The van der Waals surface area contributed by atoms with Gasteiger partial charge in [0.1, 0.15) is 0 Å². The van der Waals surface area contributed by atoms with Crippen LogP contribution < -0.4 is 5.73 Å². The first-order valence-electron chi connectivity index (χ1n) is 5.84. The molecule has 17 heavy (non-hydrogen) atoms. The quantitative estimate of drug-likeness (QED) is 0.834. The average molecular weight is 250 g/mol. The van der Waals surface area contributed by atoms with E-state index in [1.807, 2.05) is 48.0 Å². The fourth-order valence-electron chi connectivity index (χ4n) is 2.02. The molecule has 0 aliphatic carbocycles. The van der Waals surface area contributed by atoms with Crippen LogP contribution in [0.3, 0.4) is 0 Å². The highest BCUT2D eigenvalue weighted by Gasteiger charge is 2.25. The summed E-state index contributed by atoms with van der Waals surface area (Å²) in [7, 11) is 1.88. The Labute approximate surface area is 106 Å². The molecule has 1 heterocycles. The third-order valence-corrected chi connectivity index (χ3v) is 4.22. The Morgan fingerprint density at radius 2 is 2.18 bits per heavy atom. The molecule has 1 unspecified atom stereocenters. The molecule has 0 aromatic heterocycles. The maximum Gasteiger partial charge on any atom is 0.226 e. The first-order chi connectivity index (χ1) is 8.16. The van der Waals surface area contributed by atoms with Gasteiger partial charge in [-0.3, -0.25) is 4.79 Å². The third-order valence-electron chi connectivity index (χ3n) is 3.05. The number of hydrogen-bond donors (Lipinski definition) is 1. The highest BCUT2D eigenvalue weighted by atomic mass is 32.2. The van der Waals surface area contributed by atoms with Crippen molar-refractivity contribution in [3.63, 3.8) is 0 Å². The number of nitrogens with two attached hydrogens (primary N) is 1. The molecule has 2 rings (SSSR count). The number of amides is 1. The van der Waals surface area contributed by atoms with E-state index in [1.165, 1.54) is 0 Å². The Bertz CT molecular complexity index is 385. The minimum Gasteiger partial charge on any atom is -0.399 e. The lowest BCUT2D eigenvalue weighted by molar-refractivity contribution is -0.133. The van der Waals surface area contributed by atoms with Gasteiger partial charge in [0.25, 0.3) is 0 Å². The van der Waals surface area contributed by atoms with Crippen LogP contribution >= 0.6 is 11.8 Å². The molecule has 1 aliphatic rings. The van der Waals surface area contributed by atoms with E-state index in [0.717, 1.165) is 29.2 Å². The summed E-state index contributed by atoms with van der Waals surface area (Å²) in [4.78, 5) is 13.9. The van der Waals surface area contributed by atoms with E-state index < -0.39 is 0 Å². The van der Waals surface area contributed by atoms with E-state index >= 15 is 0 Å². The number of carbonyl (C=O) groups excluding carboxylic acids is 1. The topological polar surface area (TPSA) is 46.3 Å². The smallest absolute Gasteiger partial charge is 0.226 e. The second-order valence-electron chi connectivity index (χ2n) is 4.50. The molecule has 1 aromatic rings. The standard InChI is InChI=1S/C13H18N2OS/c1-15(13(16)11-6-7-17-9-11)8-10-2-4-12(14)5-3-10/h2-5,11H,6-9,14H2,1H3. The summed E-state index contributed by atoms with van der Waals surface area (Å²) < 4.78 is 0. The maximum atomic E-state index is 12.1. The monoisotopic (exact) mass is 250 g/mol. The average Bonchev–Trinajstić information content (AvgIpc) is 2.84. The van der Waals surface area contributed by atoms with Crippen molar-refractivity contribution in [1.29, 1.82) is 0 Å². The van der Waals surface area contributed by atoms with Gasteiger partial charge < -0.3 is 10.6 Å². The second-order valence-corrected chi connectivity index (χ2v) is 5.65. The Balaban J connectivity index is 1.93. The largest absolute Gasteiger partial charge is 0.399 e. The van der Waals surface area contributed by atoms with Gasteiger partial charge in [-0.15, -0.1) is 0 Å². The van der Waals surface area contributed by atoms with E-state index in [2.05, 4.69) is 0 Å². The molecule has 92 valence electrons. The summed E-state index contributed by atoms with van der Waals surface area (Å²) in [5, 5.41) is 0. The summed E-state index contributed by atoms with van der Waals surface area (Å²) >= 11 is 1.87. The SMILES string of the molecule is CN(Cc1ccc(N)cc1)C(=O)C1CCSC1. The van der Waals surface area contributed by atoms with E-state index in [0.29, 0.717) is 6.54 Å². The number of thioether (sulfide) groups is 1. The molecule has 3 nitrogen and oxygen atoms in total. The zero-order valence-corrected chi connectivity index (χ0v) is 10.9. The number of anilines is 1. The van der Waals surface area contributed by atoms with Crippen LogP contribution in [0.15, 0.2) is 24.3 Å². The van der Waals surface area contributed by atoms with E-state index in [1.54, 1.807) is 0 Å². The highest BCUT2D eigenvalue weighted by Crippen LogP contribution is 2.25. The van der Waals surface area contributed by atoms with Crippen LogP contribution in [0.2, 0.25) is 0 Å². The first-order valence-corrected chi connectivity index (χ1v) is 6.99. The molecule has 1 amide bonds. The third kappa shape index (κ3) is 3.16. The molecule has 1 fully saturated rings. The molecule has 0 bridgehead atoms. The van der Waals surface area contributed by atoms with Crippen LogP contribution in [0.1, 0.15) is 12.0 Å². The number of nitrogen functional groups attached to an aromatic ring is 1. The Morgan fingerprint density at radius 3 is 2.76 bits per heavy atom.